The third-order valence-electron chi connectivity index (χ3n) is 4.18. The van der Waals surface area contributed by atoms with Crippen molar-refractivity contribution in [3.63, 3.8) is 0 Å². The van der Waals surface area contributed by atoms with E-state index < -0.39 is 17.3 Å². The summed E-state index contributed by atoms with van der Waals surface area (Å²) in [7, 11) is 0. The number of amides is 1. The van der Waals surface area contributed by atoms with Crippen molar-refractivity contribution in [1.29, 1.82) is 0 Å². The number of carboxylic acid groups (broad SMARTS) is 1. The molecule has 0 aliphatic carbocycles. The number of anilines is 1. The zero-order valence-corrected chi connectivity index (χ0v) is 13.8. The maximum atomic E-state index is 14.7. The molecule has 22 heavy (non-hydrogen) atoms. The first-order valence-corrected chi connectivity index (χ1v) is 9.09. The molecule has 1 aliphatic rings. The first kappa shape index (κ1) is 17.1. The van der Waals surface area contributed by atoms with Crippen LogP contribution in [0.4, 0.5) is 14.9 Å². The maximum absolute atomic E-state index is 14.7. The van der Waals surface area contributed by atoms with Crippen molar-refractivity contribution in [3.05, 3.63) is 29.1 Å². The van der Waals surface area contributed by atoms with Crippen LogP contribution in [0.25, 0.3) is 0 Å². The highest BCUT2D eigenvalue weighted by atomic mass is 32.2. The molecule has 1 amide bonds. The van der Waals surface area contributed by atoms with E-state index in [1.54, 1.807) is 19.1 Å². The van der Waals surface area contributed by atoms with E-state index in [-0.39, 0.29) is 11.7 Å². The Kier molecular flexibility index (Phi) is 5.69. The SMILES string of the molecule is CCCN(C(=O)O)c1ccc([C@H]2CC[S@+]([O-])CC2)c(F)c1C. The Labute approximate surface area is 133 Å². The van der Waals surface area contributed by atoms with Crippen LogP contribution in [-0.4, -0.2) is 33.8 Å². The Morgan fingerprint density at radius 1 is 1.45 bits per heavy atom. The third kappa shape index (κ3) is 3.55. The highest BCUT2D eigenvalue weighted by Crippen LogP contribution is 2.35. The Morgan fingerprint density at radius 3 is 2.64 bits per heavy atom. The van der Waals surface area contributed by atoms with Crippen LogP contribution < -0.4 is 4.90 Å². The van der Waals surface area contributed by atoms with Gasteiger partial charge in [-0.3, -0.25) is 4.90 Å². The summed E-state index contributed by atoms with van der Waals surface area (Å²) in [5, 5.41) is 9.29. The number of carbonyl (C=O) groups is 1. The van der Waals surface area contributed by atoms with Crippen LogP contribution in [0.15, 0.2) is 12.1 Å². The number of rotatable bonds is 4. The van der Waals surface area contributed by atoms with E-state index >= 15 is 0 Å². The third-order valence-corrected chi connectivity index (χ3v) is 5.57. The van der Waals surface area contributed by atoms with Crippen LogP contribution in [0.5, 0.6) is 0 Å². The summed E-state index contributed by atoms with van der Waals surface area (Å²) in [4.78, 5) is 12.5. The summed E-state index contributed by atoms with van der Waals surface area (Å²) in [6, 6.07) is 3.39. The van der Waals surface area contributed by atoms with Crippen LogP contribution >= 0.6 is 0 Å². The molecule has 1 fully saturated rings. The number of hydrogen-bond acceptors (Lipinski definition) is 2. The number of hydrogen-bond donors (Lipinski definition) is 1. The fraction of sp³-hybridized carbons (Fsp3) is 0.562. The molecule has 1 aliphatic heterocycles. The van der Waals surface area contributed by atoms with Crippen molar-refractivity contribution in [2.75, 3.05) is 23.0 Å². The Bertz CT molecular complexity index is 544. The molecule has 122 valence electrons. The second-order valence-corrected chi connectivity index (χ2v) is 7.37. The predicted octanol–water partition coefficient (Wildman–Crippen LogP) is 3.65. The summed E-state index contributed by atoms with van der Waals surface area (Å²) >= 11 is -0.776. The molecule has 2 rings (SSSR count). The second kappa shape index (κ2) is 7.33. The van der Waals surface area contributed by atoms with Gasteiger partial charge < -0.3 is 9.66 Å². The van der Waals surface area contributed by atoms with Crippen LogP contribution in [-0.2, 0) is 11.2 Å². The fourth-order valence-corrected chi connectivity index (χ4v) is 4.25. The first-order valence-electron chi connectivity index (χ1n) is 7.60. The molecule has 0 spiro atoms. The van der Waals surface area contributed by atoms with Gasteiger partial charge in [-0.1, -0.05) is 24.2 Å². The Balaban J connectivity index is 2.30. The van der Waals surface area contributed by atoms with Crippen molar-refractivity contribution in [3.8, 4) is 0 Å². The van der Waals surface area contributed by atoms with Gasteiger partial charge in [0.2, 0.25) is 0 Å². The van der Waals surface area contributed by atoms with E-state index in [2.05, 4.69) is 0 Å². The zero-order valence-electron chi connectivity index (χ0n) is 13.0. The van der Waals surface area contributed by atoms with Crippen LogP contribution in [0.3, 0.4) is 0 Å². The minimum Gasteiger partial charge on any atom is -0.616 e. The molecule has 1 aromatic carbocycles. The lowest BCUT2D eigenvalue weighted by Gasteiger charge is -2.27. The van der Waals surface area contributed by atoms with Crippen molar-refractivity contribution in [2.45, 2.75) is 39.0 Å². The predicted molar refractivity (Wildman–Crippen MR) is 86.7 cm³/mol. The normalized spacial score (nSPS) is 21.6. The van der Waals surface area contributed by atoms with Gasteiger partial charge in [0, 0.05) is 12.1 Å². The zero-order chi connectivity index (χ0) is 16.3. The minimum absolute atomic E-state index is 0.0786. The molecule has 0 bridgehead atoms. The van der Waals surface area contributed by atoms with Crippen LogP contribution in [0, 0.1) is 12.7 Å². The molecule has 1 N–H and O–H groups in total. The van der Waals surface area contributed by atoms with Crippen molar-refractivity contribution < 1.29 is 18.8 Å². The lowest BCUT2D eigenvalue weighted by atomic mass is 9.91. The van der Waals surface area contributed by atoms with Gasteiger partial charge in [-0.05, 0) is 43.7 Å². The van der Waals surface area contributed by atoms with E-state index in [0.717, 1.165) is 12.8 Å². The molecule has 6 heteroatoms. The van der Waals surface area contributed by atoms with E-state index in [1.165, 1.54) is 4.90 Å². The summed E-state index contributed by atoms with van der Waals surface area (Å²) < 4.78 is 26.1. The number of halogens is 1. The molecule has 0 radical (unpaired) electrons. The summed E-state index contributed by atoms with van der Waals surface area (Å²) in [5.74, 6) is 0.983. The van der Waals surface area contributed by atoms with Crippen molar-refractivity contribution in [1.82, 2.24) is 0 Å². The van der Waals surface area contributed by atoms with Gasteiger partial charge in [-0.2, -0.15) is 0 Å². The summed E-state index contributed by atoms with van der Waals surface area (Å²) in [6.45, 7) is 3.86. The molecule has 1 aromatic rings. The van der Waals surface area contributed by atoms with Gasteiger partial charge >= 0.3 is 6.09 Å². The van der Waals surface area contributed by atoms with Gasteiger partial charge in [0.25, 0.3) is 0 Å². The molecule has 1 saturated heterocycles. The number of benzene rings is 1. The van der Waals surface area contributed by atoms with E-state index in [0.29, 0.717) is 41.3 Å². The standard InChI is InChI=1S/C16H22FNO3S/c1-3-8-18(16(19)20)14-5-4-13(15(17)11(14)2)12-6-9-22(21)10-7-12/h4-5,12H,3,6-10H2,1-2H3,(H,19,20)/t12-,22-. The lowest BCUT2D eigenvalue weighted by molar-refractivity contribution is 0.201. The minimum atomic E-state index is -1.06. The van der Waals surface area contributed by atoms with E-state index in [9.17, 15) is 18.8 Å². The van der Waals surface area contributed by atoms with Gasteiger partial charge in [-0.25, -0.2) is 9.18 Å². The van der Waals surface area contributed by atoms with Gasteiger partial charge in [0.05, 0.1) is 5.69 Å². The molecule has 4 nitrogen and oxygen atoms in total. The molecular weight excluding hydrogens is 305 g/mol. The molecule has 0 unspecified atom stereocenters. The monoisotopic (exact) mass is 327 g/mol. The first-order chi connectivity index (χ1) is 10.5. The summed E-state index contributed by atoms with van der Waals surface area (Å²) in [5.41, 5.74) is 1.41. The fourth-order valence-electron chi connectivity index (χ4n) is 2.95. The van der Waals surface area contributed by atoms with E-state index in [1.807, 2.05) is 6.92 Å². The second-order valence-electron chi connectivity index (χ2n) is 5.67. The smallest absolute Gasteiger partial charge is 0.411 e. The van der Waals surface area contributed by atoms with Gasteiger partial charge in [0.1, 0.15) is 17.3 Å². The van der Waals surface area contributed by atoms with Crippen molar-refractivity contribution >= 4 is 23.0 Å². The Hall–Kier alpha value is -1.27. The average molecular weight is 327 g/mol. The molecule has 0 saturated carbocycles. The van der Waals surface area contributed by atoms with Crippen molar-refractivity contribution in [2.24, 2.45) is 0 Å². The number of nitrogens with zero attached hydrogens (tertiary/aromatic N) is 1. The molecular formula is C16H22FNO3S. The largest absolute Gasteiger partial charge is 0.616 e. The molecule has 1 heterocycles. The van der Waals surface area contributed by atoms with E-state index in [4.69, 9.17) is 0 Å². The highest BCUT2D eigenvalue weighted by molar-refractivity contribution is 7.91. The summed E-state index contributed by atoms with van der Waals surface area (Å²) in [6.07, 6.45) is 1.05. The molecule has 0 atom stereocenters. The lowest BCUT2D eigenvalue weighted by Crippen LogP contribution is -2.31. The molecule has 0 aromatic heterocycles. The van der Waals surface area contributed by atoms with Crippen LogP contribution in [0.1, 0.15) is 43.2 Å². The average Bonchev–Trinajstić information content (AvgIpc) is 2.49. The maximum Gasteiger partial charge on any atom is 0.411 e. The highest BCUT2D eigenvalue weighted by Gasteiger charge is 2.27. The Morgan fingerprint density at radius 2 is 2.09 bits per heavy atom. The quantitative estimate of drug-likeness (QED) is 0.859. The van der Waals surface area contributed by atoms with Gasteiger partial charge in [-0.15, -0.1) is 0 Å². The van der Waals surface area contributed by atoms with Gasteiger partial charge in [0.15, 0.2) is 0 Å². The topological polar surface area (TPSA) is 63.6 Å². The van der Waals surface area contributed by atoms with Crippen LogP contribution in [0.2, 0.25) is 0 Å².